The molecule has 2 heterocycles. The molecule has 0 unspecified atom stereocenters. The van der Waals surface area contributed by atoms with E-state index in [2.05, 4.69) is 15.2 Å². The third-order valence-corrected chi connectivity index (χ3v) is 3.86. The van der Waals surface area contributed by atoms with Crippen LogP contribution in [0.4, 0.5) is 5.82 Å². The monoisotopic (exact) mass is 278 g/mol. The van der Waals surface area contributed by atoms with Crippen molar-refractivity contribution in [2.24, 2.45) is 0 Å². The highest BCUT2D eigenvalue weighted by molar-refractivity contribution is 5.31. The Balaban J connectivity index is 1.46. The zero-order valence-corrected chi connectivity index (χ0v) is 11.8. The summed E-state index contributed by atoms with van der Waals surface area (Å²) in [6.45, 7) is 5.52. The van der Waals surface area contributed by atoms with Gasteiger partial charge in [-0.3, -0.25) is 9.69 Å². The van der Waals surface area contributed by atoms with E-state index in [1.165, 1.54) is 0 Å². The lowest BCUT2D eigenvalue weighted by Crippen LogP contribution is -2.37. The molecule has 1 saturated heterocycles. The van der Waals surface area contributed by atoms with E-state index in [1.54, 1.807) is 17.0 Å². The Morgan fingerprint density at radius 2 is 2.15 bits per heavy atom. The molecule has 0 spiro atoms. The fraction of sp³-hybridized carbons (Fsp3) is 0.714. The molecular weight excluding hydrogens is 256 g/mol. The third kappa shape index (κ3) is 3.37. The van der Waals surface area contributed by atoms with Crippen LogP contribution in [-0.4, -0.2) is 53.8 Å². The number of ether oxygens (including phenoxy) is 1. The van der Waals surface area contributed by atoms with Gasteiger partial charge in [-0.1, -0.05) is 0 Å². The molecule has 1 aliphatic heterocycles. The molecule has 0 radical (unpaired) electrons. The lowest BCUT2D eigenvalue weighted by Gasteiger charge is -2.26. The quantitative estimate of drug-likeness (QED) is 0.777. The van der Waals surface area contributed by atoms with Crippen LogP contribution in [0.15, 0.2) is 17.2 Å². The maximum Gasteiger partial charge on any atom is 0.293 e. The van der Waals surface area contributed by atoms with Crippen LogP contribution in [0.25, 0.3) is 0 Å². The van der Waals surface area contributed by atoms with E-state index in [9.17, 15) is 4.79 Å². The summed E-state index contributed by atoms with van der Waals surface area (Å²) in [6.07, 6.45) is 6.74. The number of morpholine rings is 1. The summed E-state index contributed by atoms with van der Waals surface area (Å²) in [7, 11) is 0. The van der Waals surface area contributed by atoms with Crippen molar-refractivity contribution >= 4 is 5.82 Å². The summed E-state index contributed by atoms with van der Waals surface area (Å²) in [6, 6.07) is 0.402. The number of anilines is 1. The zero-order chi connectivity index (χ0) is 13.8. The molecule has 3 rings (SSSR count). The summed E-state index contributed by atoms with van der Waals surface area (Å²) >= 11 is 0. The molecule has 1 aromatic rings. The molecule has 1 aliphatic carbocycles. The van der Waals surface area contributed by atoms with Crippen molar-refractivity contribution in [2.45, 2.75) is 25.3 Å². The normalized spacial score (nSPS) is 20.0. The minimum atomic E-state index is 0.0152. The molecule has 1 N–H and O–H groups in total. The Morgan fingerprint density at radius 3 is 2.90 bits per heavy atom. The summed E-state index contributed by atoms with van der Waals surface area (Å²) in [5.74, 6) is 0.487. The predicted molar refractivity (Wildman–Crippen MR) is 77.1 cm³/mol. The van der Waals surface area contributed by atoms with Gasteiger partial charge in [0.25, 0.3) is 5.56 Å². The van der Waals surface area contributed by atoms with Crippen molar-refractivity contribution in [1.29, 1.82) is 0 Å². The van der Waals surface area contributed by atoms with Crippen LogP contribution in [0.1, 0.15) is 25.3 Å². The fourth-order valence-corrected chi connectivity index (χ4v) is 2.52. The van der Waals surface area contributed by atoms with Gasteiger partial charge in [0.2, 0.25) is 0 Å². The zero-order valence-electron chi connectivity index (χ0n) is 11.8. The van der Waals surface area contributed by atoms with E-state index in [0.29, 0.717) is 11.9 Å². The predicted octanol–water partition coefficient (Wildman–Crippen LogP) is 0.712. The highest BCUT2D eigenvalue weighted by Crippen LogP contribution is 2.33. The maximum absolute atomic E-state index is 12.2. The first-order valence-corrected chi connectivity index (χ1v) is 7.46. The van der Waals surface area contributed by atoms with E-state index in [-0.39, 0.29) is 5.56 Å². The van der Waals surface area contributed by atoms with E-state index >= 15 is 0 Å². The minimum Gasteiger partial charge on any atom is -0.379 e. The first-order chi connectivity index (χ1) is 9.84. The van der Waals surface area contributed by atoms with E-state index < -0.39 is 0 Å². The molecule has 1 saturated carbocycles. The maximum atomic E-state index is 12.2. The largest absolute Gasteiger partial charge is 0.379 e. The number of aromatic nitrogens is 2. The van der Waals surface area contributed by atoms with Crippen LogP contribution in [0.2, 0.25) is 0 Å². The topological polar surface area (TPSA) is 59.4 Å². The van der Waals surface area contributed by atoms with Gasteiger partial charge in [0.05, 0.1) is 13.2 Å². The minimum absolute atomic E-state index is 0.0152. The van der Waals surface area contributed by atoms with Gasteiger partial charge in [0, 0.05) is 38.1 Å². The SMILES string of the molecule is O=c1c(NCCCN2CCOCC2)nccn1C1CC1. The van der Waals surface area contributed by atoms with Crippen LogP contribution in [0.5, 0.6) is 0 Å². The average molecular weight is 278 g/mol. The first-order valence-electron chi connectivity index (χ1n) is 7.46. The molecule has 110 valence electrons. The Hall–Kier alpha value is -1.40. The third-order valence-electron chi connectivity index (χ3n) is 3.86. The lowest BCUT2D eigenvalue weighted by molar-refractivity contribution is 0.0378. The molecule has 6 nitrogen and oxygen atoms in total. The van der Waals surface area contributed by atoms with Crippen molar-refractivity contribution in [3.63, 3.8) is 0 Å². The highest BCUT2D eigenvalue weighted by Gasteiger charge is 2.25. The number of hydrogen-bond donors (Lipinski definition) is 1. The molecular formula is C14H22N4O2. The molecule has 0 aromatic carbocycles. The van der Waals surface area contributed by atoms with Crippen molar-refractivity contribution < 1.29 is 4.74 Å². The summed E-state index contributed by atoms with van der Waals surface area (Å²) in [5, 5.41) is 3.17. The average Bonchev–Trinajstić information content (AvgIpc) is 3.31. The molecule has 6 heteroatoms. The molecule has 2 aliphatic rings. The van der Waals surface area contributed by atoms with Crippen molar-refractivity contribution in [3.8, 4) is 0 Å². The first kappa shape index (κ1) is 13.6. The van der Waals surface area contributed by atoms with Crippen molar-refractivity contribution in [2.75, 3.05) is 44.7 Å². The van der Waals surface area contributed by atoms with Gasteiger partial charge in [-0.25, -0.2) is 4.98 Å². The van der Waals surface area contributed by atoms with Gasteiger partial charge in [-0.05, 0) is 25.8 Å². The van der Waals surface area contributed by atoms with Crippen LogP contribution in [0.3, 0.4) is 0 Å². The van der Waals surface area contributed by atoms with Crippen LogP contribution in [-0.2, 0) is 4.74 Å². The molecule has 0 amide bonds. The van der Waals surface area contributed by atoms with E-state index in [1.807, 2.05) is 0 Å². The Bertz CT molecular complexity index is 492. The Kier molecular flexibility index (Phi) is 4.32. The van der Waals surface area contributed by atoms with Gasteiger partial charge >= 0.3 is 0 Å². The smallest absolute Gasteiger partial charge is 0.293 e. The number of rotatable bonds is 6. The standard InChI is InChI=1S/C14H22N4O2/c19-14-13(16-5-7-18(14)12-2-3-12)15-4-1-6-17-8-10-20-11-9-17/h5,7,12H,1-4,6,8-11H2,(H,15,16). The fourth-order valence-electron chi connectivity index (χ4n) is 2.52. The van der Waals surface area contributed by atoms with Gasteiger partial charge in [-0.2, -0.15) is 0 Å². The van der Waals surface area contributed by atoms with Crippen molar-refractivity contribution in [3.05, 3.63) is 22.7 Å². The second kappa shape index (κ2) is 6.37. The van der Waals surface area contributed by atoms with E-state index in [4.69, 9.17) is 4.74 Å². The summed E-state index contributed by atoms with van der Waals surface area (Å²) in [5.41, 5.74) is 0.0152. The number of nitrogens with one attached hydrogen (secondary N) is 1. The second-order valence-corrected chi connectivity index (χ2v) is 5.45. The molecule has 1 aromatic heterocycles. The van der Waals surface area contributed by atoms with Gasteiger partial charge < -0.3 is 14.6 Å². The Labute approximate surface area is 118 Å². The van der Waals surface area contributed by atoms with Crippen molar-refractivity contribution in [1.82, 2.24) is 14.5 Å². The summed E-state index contributed by atoms with van der Waals surface area (Å²) < 4.78 is 7.12. The molecule has 0 atom stereocenters. The Morgan fingerprint density at radius 1 is 1.35 bits per heavy atom. The summed E-state index contributed by atoms with van der Waals surface area (Å²) in [4.78, 5) is 18.7. The number of nitrogens with zero attached hydrogens (tertiary/aromatic N) is 3. The van der Waals surface area contributed by atoms with E-state index in [0.717, 1.165) is 58.7 Å². The van der Waals surface area contributed by atoms with Crippen LogP contribution < -0.4 is 10.9 Å². The molecule has 0 bridgehead atoms. The van der Waals surface area contributed by atoms with Gasteiger partial charge in [-0.15, -0.1) is 0 Å². The molecule has 2 fully saturated rings. The lowest BCUT2D eigenvalue weighted by atomic mass is 10.3. The van der Waals surface area contributed by atoms with Gasteiger partial charge in [0.1, 0.15) is 0 Å². The molecule has 20 heavy (non-hydrogen) atoms. The van der Waals surface area contributed by atoms with Gasteiger partial charge in [0.15, 0.2) is 5.82 Å². The number of hydrogen-bond acceptors (Lipinski definition) is 5. The van der Waals surface area contributed by atoms with Crippen LogP contribution >= 0.6 is 0 Å². The van der Waals surface area contributed by atoms with Crippen LogP contribution in [0, 0.1) is 0 Å². The second-order valence-electron chi connectivity index (χ2n) is 5.45. The highest BCUT2D eigenvalue weighted by atomic mass is 16.5.